The molecule has 1 fully saturated rings. The third kappa shape index (κ3) is 3.09. The topological polar surface area (TPSA) is 35.5 Å². The van der Waals surface area contributed by atoms with Gasteiger partial charge in [-0.1, -0.05) is 27.2 Å². The first-order valence-corrected chi connectivity index (χ1v) is 6.60. The number of carbonyl (C=O) groups is 1. The maximum absolute atomic E-state index is 11.0. The van der Waals surface area contributed by atoms with E-state index in [9.17, 15) is 4.79 Å². The van der Waals surface area contributed by atoms with Gasteiger partial charge in [0, 0.05) is 6.08 Å². The second-order valence-corrected chi connectivity index (χ2v) is 5.67. The predicted molar refractivity (Wildman–Crippen MR) is 65.2 cm³/mol. The van der Waals surface area contributed by atoms with Crippen molar-refractivity contribution in [1.29, 1.82) is 0 Å². The van der Waals surface area contributed by atoms with Crippen molar-refractivity contribution in [3.05, 3.63) is 12.2 Å². The number of cyclic esters (lactones) is 1. The van der Waals surface area contributed by atoms with Gasteiger partial charge in [-0.15, -0.1) is 0 Å². The highest BCUT2D eigenvalue weighted by Crippen LogP contribution is 2.36. The van der Waals surface area contributed by atoms with E-state index in [1.807, 2.05) is 0 Å². The van der Waals surface area contributed by atoms with Crippen LogP contribution in [0.1, 0.15) is 40.0 Å². The van der Waals surface area contributed by atoms with Gasteiger partial charge in [0.1, 0.15) is 0 Å². The summed E-state index contributed by atoms with van der Waals surface area (Å²) in [6, 6.07) is 0. The Kier molecular flexibility index (Phi) is 3.87. The van der Waals surface area contributed by atoms with Crippen molar-refractivity contribution in [1.82, 2.24) is 0 Å². The molecule has 0 bridgehead atoms. The molecule has 1 heterocycles. The smallest absolute Gasteiger partial charge is 0.333 e. The first-order chi connectivity index (χ1) is 8.06. The molecule has 0 amide bonds. The molecule has 1 aliphatic carbocycles. The molecule has 17 heavy (non-hydrogen) atoms. The van der Waals surface area contributed by atoms with Crippen LogP contribution in [-0.4, -0.2) is 18.4 Å². The van der Waals surface area contributed by atoms with Crippen molar-refractivity contribution >= 4 is 5.97 Å². The van der Waals surface area contributed by atoms with Crippen molar-refractivity contribution in [2.24, 2.45) is 17.8 Å². The lowest BCUT2D eigenvalue weighted by Gasteiger charge is -2.37. The number of esters is 1. The van der Waals surface area contributed by atoms with Crippen LogP contribution in [0.5, 0.6) is 0 Å². The standard InChI is InChI=1S/C14H22O3/c1-9(2)11-5-4-10(3)8-12(11)16-14-7-6-13(15)17-14/h6-7,9-12,14H,4-5,8H2,1-3H3/t10?,11-,12+,14?/m1/s1. The summed E-state index contributed by atoms with van der Waals surface area (Å²) in [6.07, 6.45) is 6.49. The molecule has 3 heteroatoms. The van der Waals surface area contributed by atoms with Crippen LogP contribution in [-0.2, 0) is 14.3 Å². The van der Waals surface area contributed by atoms with Crippen molar-refractivity contribution in [3.8, 4) is 0 Å². The van der Waals surface area contributed by atoms with Gasteiger partial charge in [-0.25, -0.2) is 4.79 Å². The molecule has 4 atom stereocenters. The minimum absolute atomic E-state index is 0.222. The van der Waals surface area contributed by atoms with Crippen molar-refractivity contribution < 1.29 is 14.3 Å². The Morgan fingerprint density at radius 1 is 1.41 bits per heavy atom. The molecule has 0 aromatic rings. The van der Waals surface area contributed by atoms with Crippen molar-refractivity contribution in [2.75, 3.05) is 0 Å². The predicted octanol–water partition coefficient (Wildman–Crippen LogP) is 2.90. The zero-order valence-electron chi connectivity index (χ0n) is 10.9. The van der Waals surface area contributed by atoms with Crippen molar-refractivity contribution in [2.45, 2.75) is 52.4 Å². The van der Waals surface area contributed by atoms with E-state index in [2.05, 4.69) is 20.8 Å². The zero-order chi connectivity index (χ0) is 12.4. The molecule has 0 aromatic carbocycles. The zero-order valence-corrected chi connectivity index (χ0v) is 10.9. The molecule has 0 radical (unpaired) electrons. The minimum atomic E-state index is -0.459. The Bertz CT molecular complexity index is 309. The van der Waals surface area contributed by atoms with Gasteiger partial charge in [0.15, 0.2) is 0 Å². The Morgan fingerprint density at radius 3 is 2.76 bits per heavy atom. The average Bonchev–Trinajstić information content (AvgIpc) is 2.63. The summed E-state index contributed by atoms with van der Waals surface area (Å²) in [5.74, 6) is 1.61. The van der Waals surface area contributed by atoms with Crippen molar-refractivity contribution in [3.63, 3.8) is 0 Å². The Morgan fingerprint density at radius 2 is 2.18 bits per heavy atom. The maximum Gasteiger partial charge on any atom is 0.333 e. The number of hydrogen-bond acceptors (Lipinski definition) is 3. The quantitative estimate of drug-likeness (QED) is 0.709. The summed E-state index contributed by atoms with van der Waals surface area (Å²) in [5.41, 5.74) is 0. The Hall–Kier alpha value is -0.830. The highest BCUT2D eigenvalue weighted by molar-refractivity contribution is 5.84. The van der Waals surface area contributed by atoms with Gasteiger partial charge in [0.05, 0.1) is 6.10 Å². The first kappa shape index (κ1) is 12.6. The summed E-state index contributed by atoms with van der Waals surface area (Å²) in [6.45, 7) is 6.75. The van der Waals surface area contributed by atoms with Gasteiger partial charge in [-0.05, 0) is 36.7 Å². The molecule has 2 unspecified atom stereocenters. The fourth-order valence-electron chi connectivity index (χ4n) is 2.87. The monoisotopic (exact) mass is 238 g/mol. The lowest BCUT2D eigenvalue weighted by atomic mass is 9.75. The molecule has 0 spiro atoms. The van der Waals surface area contributed by atoms with Crippen LogP contribution >= 0.6 is 0 Å². The lowest BCUT2D eigenvalue weighted by molar-refractivity contribution is -0.178. The van der Waals surface area contributed by atoms with Gasteiger partial charge in [0.2, 0.25) is 6.29 Å². The van der Waals surface area contributed by atoms with Crippen LogP contribution in [0.2, 0.25) is 0 Å². The van der Waals surface area contributed by atoms with E-state index in [1.54, 1.807) is 6.08 Å². The molecule has 0 N–H and O–H groups in total. The van der Waals surface area contributed by atoms with E-state index in [0.717, 1.165) is 6.42 Å². The van der Waals surface area contributed by atoms with Crippen LogP contribution in [0.4, 0.5) is 0 Å². The second-order valence-electron chi connectivity index (χ2n) is 5.67. The van der Waals surface area contributed by atoms with E-state index < -0.39 is 6.29 Å². The third-order valence-electron chi connectivity index (χ3n) is 3.89. The molecule has 1 aliphatic heterocycles. The summed E-state index contributed by atoms with van der Waals surface area (Å²) < 4.78 is 11.0. The molecule has 2 aliphatic rings. The van der Waals surface area contributed by atoms with Crippen LogP contribution in [0.3, 0.4) is 0 Å². The summed E-state index contributed by atoms with van der Waals surface area (Å²) in [7, 11) is 0. The fraction of sp³-hybridized carbons (Fsp3) is 0.786. The van der Waals surface area contributed by atoms with Gasteiger partial charge >= 0.3 is 5.97 Å². The van der Waals surface area contributed by atoms with E-state index in [-0.39, 0.29) is 12.1 Å². The normalized spacial score (nSPS) is 37.5. The molecule has 2 rings (SSSR count). The summed E-state index contributed by atoms with van der Waals surface area (Å²) >= 11 is 0. The second kappa shape index (κ2) is 5.21. The van der Waals surface area contributed by atoms with Gasteiger partial charge in [-0.2, -0.15) is 0 Å². The highest BCUT2D eigenvalue weighted by Gasteiger charge is 2.34. The van der Waals surface area contributed by atoms with E-state index in [0.29, 0.717) is 17.8 Å². The Labute approximate surface area is 103 Å². The lowest BCUT2D eigenvalue weighted by Crippen LogP contribution is -2.36. The van der Waals surface area contributed by atoms with Crippen LogP contribution in [0.15, 0.2) is 12.2 Å². The molecule has 0 aromatic heterocycles. The minimum Gasteiger partial charge on any atom is -0.429 e. The highest BCUT2D eigenvalue weighted by atomic mass is 16.7. The number of carbonyl (C=O) groups excluding carboxylic acids is 1. The molecular formula is C14H22O3. The van der Waals surface area contributed by atoms with E-state index >= 15 is 0 Å². The molecule has 96 valence electrons. The molecule has 0 saturated heterocycles. The van der Waals surface area contributed by atoms with Crippen LogP contribution in [0.25, 0.3) is 0 Å². The largest absolute Gasteiger partial charge is 0.429 e. The van der Waals surface area contributed by atoms with Crippen LogP contribution in [0, 0.1) is 17.8 Å². The third-order valence-corrected chi connectivity index (χ3v) is 3.89. The Balaban J connectivity index is 1.95. The first-order valence-electron chi connectivity index (χ1n) is 6.60. The van der Waals surface area contributed by atoms with E-state index in [1.165, 1.54) is 18.9 Å². The van der Waals surface area contributed by atoms with Gasteiger partial charge in [0.25, 0.3) is 0 Å². The molecule has 1 saturated carbocycles. The van der Waals surface area contributed by atoms with E-state index in [4.69, 9.17) is 9.47 Å². The molecular weight excluding hydrogens is 216 g/mol. The maximum atomic E-state index is 11.0. The SMILES string of the molecule is CC1CC[C@H](C(C)C)[C@@H](OC2C=CC(=O)O2)C1. The average molecular weight is 238 g/mol. The number of rotatable bonds is 3. The fourth-order valence-corrected chi connectivity index (χ4v) is 2.87. The van der Waals surface area contributed by atoms with Gasteiger partial charge in [-0.3, -0.25) is 0 Å². The summed E-state index contributed by atoms with van der Waals surface area (Å²) in [4.78, 5) is 11.0. The summed E-state index contributed by atoms with van der Waals surface area (Å²) in [5, 5.41) is 0. The number of hydrogen-bond donors (Lipinski definition) is 0. The number of ether oxygens (including phenoxy) is 2. The van der Waals surface area contributed by atoms with Crippen LogP contribution < -0.4 is 0 Å². The molecule has 3 nitrogen and oxygen atoms in total. The van der Waals surface area contributed by atoms with Gasteiger partial charge < -0.3 is 9.47 Å².